The molecule has 1 aliphatic heterocycles. The molecule has 1 aromatic heterocycles. The van der Waals surface area contributed by atoms with Crippen molar-refractivity contribution in [2.45, 2.75) is 57.4 Å². The fourth-order valence-corrected chi connectivity index (χ4v) is 3.21. The largest absolute Gasteiger partial charge is 0.414 e. The van der Waals surface area contributed by atoms with Gasteiger partial charge in [-0.3, -0.25) is 14.3 Å². The van der Waals surface area contributed by atoms with Gasteiger partial charge in [-0.2, -0.15) is 0 Å². The van der Waals surface area contributed by atoms with Crippen LogP contribution in [0.5, 0.6) is 0 Å². The lowest BCUT2D eigenvalue weighted by Crippen LogP contribution is -2.43. The van der Waals surface area contributed by atoms with Crippen molar-refractivity contribution in [1.82, 2.24) is 9.55 Å². The summed E-state index contributed by atoms with van der Waals surface area (Å²) in [6, 6.07) is 1.09. The molecular formula is C15H24FN3O5Si. The molecule has 0 aromatic carbocycles. The number of hydrogen-bond donors (Lipinski definition) is 2. The maximum Gasteiger partial charge on any atom is 0.330 e. The van der Waals surface area contributed by atoms with E-state index in [1.807, 2.05) is 18.1 Å². The SMILES string of the molecule is CC(C)(C)[Si](C)(C)OC[C@H]1O[C@@H](n2ccc(=O)[nH]c2=O)[C@H](F)/C1=N/O. The molecule has 0 aliphatic carbocycles. The van der Waals surface area contributed by atoms with Gasteiger partial charge in [0, 0.05) is 12.3 Å². The highest BCUT2D eigenvalue weighted by molar-refractivity contribution is 6.74. The summed E-state index contributed by atoms with van der Waals surface area (Å²) < 4.78 is 27.1. The monoisotopic (exact) mass is 373 g/mol. The highest BCUT2D eigenvalue weighted by Crippen LogP contribution is 2.37. The van der Waals surface area contributed by atoms with E-state index in [0.717, 1.165) is 16.8 Å². The number of hydrogen-bond acceptors (Lipinski definition) is 6. The number of nitrogens with one attached hydrogen (secondary N) is 1. The number of H-pyrrole nitrogens is 1. The molecule has 0 saturated carbocycles. The average molecular weight is 373 g/mol. The summed E-state index contributed by atoms with van der Waals surface area (Å²) in [5.74, 6) is 0. The second-order valence-corrected chi connectivity index (χ2v) is 12.3. The molecule has 2 heterocycles. The van der Waals surface area contributed by atoms with Crippen LogP contribution in [0.2, 0.25) is 18.1 Å². The van der Waals surface area contributed by atoms with E-state index in [0.29, 0.717) is 0 Å². The van der Waals surface area contributed by atoms with Gasteiger partial charge in [0.25, 0.3) is 5.56 Å². The number of nitrogens with zero attached hydrogens (tertiary/aromatic N) is 2. The molecule has 0 unspecified atom stereocenters. The van der Waals surface area contributed by atoms with Gasteiger partial charge in [0.15, 0.2) is 20.7 Å². The van der Waals surface area contributed by atoms with Crippen molar-refractivity contribution in [2.75, 3.05) is 6.61 Å². The minimum absolute atomic E-state index is 0.0188. The smallest absolute Gasteiger partial charge is 0.330 e. The summed E-state index contributed by atoms with van der Waals surface area (Å²) in [6.45, 7) is 10.3. The Labute approximate surface area is 145 Å². The van der Waals surface area contributed by atoms with E-state index >= 15 is 0 Å². The third-order valence-electron chi connectivity index (χ3n) is 4.81. The molecule has 0 bridgehead atoms. The minimum Gasteiger partial charge on any atom is -0.414 e. The molecule has 0 radical (unpaired) electrons. The van der Waals surface area contributed by atoms with Crippen molar-refractivity contribution in [2.24, 2.45) is 5.16 Å². The molecule has 1 saturated heterocycles. The van der Waals surface area contributed by atoms with Crippen LogP contribution < -0.4 is 11.2 Å². The van der Waals surface area contributed by atoms with E-state index in [-0.39, 0.29) is 17.4 Å². The van der Waals surface area contributed by atoms with Gasteiger partial charge < -0.3 is 14.4 Å². The molecule has 0 spiro atoms. The van der Waals surface area contributed by atoms with Crippen LogP contribution in [0.3, 0.4) is 0 Å². The van der Waals surface area contributed by atoms with E-state index < -0.39 is 38.1 Å². The average Bonchev–Trinajstić information content (AvgIpc) is 2.80. The van der Waals surface area contributed by atoms with E-state index in [4.69, 9.17) is 14.4 Å². The predicted octanol–water partition coefficient (Wildman–Crippen LogP) is 1.62. The van der Waals surface area contributed by atoms with E-state index in [2.05, 4.69) is 25.9 Å². The highest BCUT2D eigenvalue weighted by atomic mass is 28.4. The fraction of sp³-hybridized carbons (Fsp3) is 0.667. The molecule has 2 N–H and O–H groups in total. The molecular weight excluding hydrogens is 349 g/mol. The molecule has 1 aliphatic rings. The molecule has 25 heavy (non-hydrogen) atoms. The summed E-state index contributed by atoms with van der Waals surface area (Å²) >= 11 is 0. The molecule has 2 rings (SSSR count). The second-order valence-electron chi connectivity index (χ2n) is 7.53. The van der Waals surface area contributed by atoms with Gasteiger partial charge in [-0.15, -0.1) is 0 Å². The molecule has 1 aromatic rings. The molecule has 0 amide bonds. The quantitative estimate of drug-likeness (QED) is 0.474. The summed E-state index contributed by atoms with van der Waals surface area (Å²) in [7, 11) is -2.11. The van der Waals surface area contributed by atoms with Crippen LogP contribution in [-0.2, 0) is 9.16 Å². The molecule has 3 atom stereocenters. The van der Waals surface area contributed by atoms with Gasteiger partial charge >= 0.3 is 5.69 Å². The zero-order valence-corrected chi connectivity index (χ0v) is 15.9. The van der Waals surface area contributed by atoms with Crippen molar-refractivity contribution >= 4 is 14.0 Å². The summed E-state index contributed by atoms with van der Waals surface area (Å²) in [5, 5.41) is 12.1. The Kier molecular flexibility index (Phi) is 5.35. The van der Waals surface area contributed by atoms with Gasteiger partial charge in [0.05, 0.1) is 6.61 Å². The third kappa shape index (κ3) is 3.91. The van der Waals surface area contributed by atoms with Crippen molar-refractivity contribution in [1.29, 1.82) is 0 Å². The molecule has 1 fully saturated rings. The normalized spacial score (nSPS) is 26.3. The number of rotatable bonds is 4. The highest BCUT2D eigenvalue weighted by Gasteiger charge is 2.46. The summed E-state index contributed by atoms with van der Waals surface area (Å²) in [4.78, 5) is 25.0. The lowest BCUT2D eigenvalue weighted by atomic mass is 10.2. The summed E-state index contributed by atoms with van der Waals surface area (Å²) in [5.41, 5.74) is -1.63. The van der Waals surface area contributed by atoms with Crippen molar-refractivity contribution in [3.8, 4) is 0 Å². The Morgan fingerprint density at radius 3 is 2.60 bits per heavy atom. The van der Waals surface area contributed by atoms with E-state index in [1.54, 1.807) is 0 Å². The first kappa shape index (κ1) is 19.5. The van der Waals surface area contributed by atoms with Crippen LogP contribution in [0.25, 0.3) is 0 Å². The zero-order valence-electron chi connectivity index (χ0n) is 14.9. The predicted molar refractivity (Wildman–Crippen MR) is 92.5 cm³/mol. The Balaban J connectivity index is 2.22. The van der Waals surface area contributed by atoms with Crippen LogP contribution in [0.4, 0.5) is 4.39 Å². The lowest BCUT2D eigenvalue weighted by molar-refractivity contribution is -0.0347. The Morgan fingerprint density at radius 1 is 1.44 bits per heavy atom. The van der Waals surface area contributed by atoms with Crippen LogP contribution in [0, 0.1) is 0 Å². The van der Waals surface area contributed by atoms with Gasteiger partial charge in [-0.25, -0.2) is 9.18 Å². The van der Waals surface area contributed by atoms with Crippen molar-refractivity contribution < 1.29 is 18.8 Å². The number of ether oxygens (including phenoxy) is 1. The first-order chi connectivity index (χ1) is 11.5. The standard InChI is InChI=1S/C15H24FN3O5Si/c1-15(2,3)25(4,5)23-8-9-12(18-22)11(16)13(24-9)19-7-6-10(20)17-14(19)21/h6-7,9,11,13,22H,8H2,1-5H3,(H,17,20,21)/b18-12+/t9-,11-,13-/m1/s1. The van der Waals surface area contributed by atoms with Gasteiger partial charge in [-0.1, -0.05) is 25.9 Å². The molecule has 10 heteroatoms. The first-order valence-corrected chi connectivity index (χ1v) is 10.9. The van der Waals surface area contributed by atoms with Crippen molar-refractivity contribution in [3.05, 3.63) is 33.1 Å². The number of halogens is 1. The molecule has 140 valence electrons. The van der Waals surface area contributed by atoms with Gasteiger partial charge in [-0.05, 0) is 18.1 Å². The number of oxime groups is 1. The Hall–Kier alpha value is -1.78. The van der Waals surface area contributed by atoms with Crippen LogP contribution in [-0.4, -0.2) is 47.7 Å². The maximum absolute atomic E-state index is 14.6. The zero-order chi connectivity index (χ0) is 19.0. The topological polar surface area (TPSA) is 106 Å². The maximum atomic E-state index is 14.6. The third-order valence-corrected chi connectivity index (χ3v) is 9.31. The number of aromatic amines is 1. The lowest BCUT2D eigenvalue weighted by Gasteiger charge is -2.36. The first-order valence-electron chi connectivity index (χ1n) is 7.95. The van der Waals surface area contributed by atoms with Gasteiger partial charge in [0.1, 0.15) is 11.8 Å². The minimum atomic E-state index is -2.11. The number of alkyl halides is 1. The van der Waals surface area contributed by atoms with Crippen LogP contribution >= 0.6 is 0 Å². The van der Waals surface area contributed by atoms with E-state index in [1.165, 1.54) is 0 Å². The Bertz CT molecular complexity index is 767. The fourth-order valence-electron chi connectivity index (χ4n) is 2.21. The second kappa shape index (κ2) is 6.85. The van der Waals surface area contributed by atoms with Gasteiger partial charge in [0.2, 0.25) is 0 Å². The van der Waals surface area contributed by atoms with Crippen LogP contribution in [0.15, 0.2) is 27.0 Å². The van der Waals surface area contributed by atoms with Crippen molar-refractivity contribution in [3.63, 3.8) is 0 Å². The van der Waals surface area contributed by atoms with Crippen LogP contribution in [0.1, 0.15) is 27.0 Å². The summed E-state index contributed by atoms with van der Waals surface area (Å²) in [6.07, 6.45) is -2.94. The van der Waals surface area contributed by atoms with E-state index in [9.17, 15) is 14.0 Å². The number of aromatic nitrogens is 2. The molecule has 8 nitrogen and oxygen atoms in total. The Morgan fingerprint density at radius 2 is 2.08 bits per heavy atom.